The quantitative estimate of drug-likeness (QED) is 0.160. The molecule has 0 saturated heterocycles. The molecule has 0 radical (unpaired) electrons. The molecule has 0 nitrogen and oxygen atoms in total. The van der Waals surface area contributed by atoms with Gasteiger partial charge in [-0.15, -0.1) is 12.0 Å². The highest BCUT2D eigenvalue weighted by Gasteiger charge is 2.42. The lowest BCUT2D eigenvalue weighted by molar-refractivity contribution is 0.553. The SMILES string of the molecule is C#CP(C#CC#CP(C#C[Si](C(C)C)(C(C)C)C(C)C)c1c(C(C)(C)C)cc(C(C)(C)C)cc1C(C)(C)C)c1c(C(C)(C)C)cc(C(C)(C)C)cc1C(C)(C)C. The zero-order valence-corrected chi connectivity index (χ0v) is 43.3. The van der Waals surface area contributed by atoms with Crippen LogP contribution < -0.4 is 10.6 Å². The van der Waals surface area contributed by atoms with Crippen molar-refractivity contribution in [2.45, 2.75) is 215 Å². The van der Waals surface area contributed by atoms with Crippen LogP contribution >= 0.6 is 15.8 Å². The van der Waals surface area contributed by atoms with Gasteiger partial charge in [-0.05, 0) is 106 Å². The molecular weight excluding hydrogens is 727 g/mol. The van der Waals surface area contributed by atoms with Crippen molar-refractivity contribution in [3.8, 4) is 46.5 Å². The zero-order valence-electron chi connectivity index (χ0n) is 40.5. The van der Waals surface area contributed by atoms with Crippen LogP contribution in [-0.4, -0.2) is 8.07 Å². The van der Waals surface area contributed by atoms with Gasteiger partial charge < -0.3 is 0 Å². The molecule has 0 bridgehead atoms. The van der Waals surface area contributed by atoms with Gasteiger partial charge in [0.15, 0.2) is 0 Å². The molecule has 0 aliphatic carbocycles. The number of rotatable bonds is 5. The highest BCUT2D eigenvalue weighted by atomic mass is 31.1. The third-order valence-corrected chi connectivity index (χ3v) is 21.0. The molecule has 0 heterocycles. The van der Waals surface area contributed by atoms with Crippen LogP contribution in [0.1, 0.15) is 200 Å². The molecule has 3 heteroatoms. The number of hydrogen-bond donors (Lipinski definition) is 0. The molecule has 0 amide bonds. The van der Waals surface area contributed by atoms with Crippen LogP contribution in [0.25, 0.3) is 0 Å². The Morgan fingerprint density at radius 3 is 0.929 bits per heavy atom. The third-order valence-electron chi connectivity index (χ3n) is 11.4. The number of hydrogen-bond acceptors (Lipinski definition) is 0. The molecule has 2 aromatic carbocycles. The van der Waals surface area contributed by atoms with Crippen LogP contribution in [0.4, 0.5) is 0 Å². The van der Waals surface area contributed by atoms with E-state index in [0.717, 1.165) is 0 Å². The highest BCUT2D eigenvalue weighted by molar-refractivity contribution is 7.76. The topological polar surface area (TPSA) is 0 Å². The molecule has 0 fully saturated rings. The summed E-state index contributed by atoms with van der Waals surface area (Å²) in [5, 5.41) is 2.56. The Morgan fingerprint density at radius 2 is 0.696 bits per heavy atom. The second-order valence-electron chi connectivity index (χ2n) is 23.2. The molecule has 306 valence electrons. The van der Waals surface area contributed by atoms with E-state index in [1.54, 1.807) is 0 Å². The predicted molar refractivity (Wildman–Crippen MR) is 261 cm³/mol. The van der Waals surface area contributed by atoms with Gasteiger partial charge in [-0.25, -0.2) is 0 Å². The summed E-state index contributed by atoms with van der Waals surface area (Å²) in [6.45, 7) is 56.1. The van der Waals surface area contributed by atoms with Gasteiger partial charge >= 0.3 is 0 Å². The van der Waals surface area contributed by atoms with Crippen molar-refractivity contribution in [1.82, 2.24) is 0 Å². The molecule has 2 aromatic rings. The normalized spacial score (nSPS) is 14.3. The maximum atomic E-state index is 6.47. The van der Waals surface area contributed by atoms with E-state index in [4.69, 9.17) is 6.42 Å². The van der Waals surface area contributed by atoms with Crippen molar-refractivity contribution in [3.05, 3.63) is 57.6 Å². The van der Waals surface area contributed by atoms with Gasteiger partial charge in [0.2, 0.25) is 0 Å². The fourth-order valence-corrected chi connectivity index (χ4v) is 17.5. The standard InChI is InChI=1S/C53H80P2Si/c1-26-54(46-42(50(14,15)16)33-40(48(8,9)10)34-43(46)51(17,18)19)29-27-28-30-55(31-32-56(37(2)3,38(4)5)39(6)7)47-44(52(20,21)22)35-41(49(11,12)13)36-45(47)53(23,24)25/h1,33-39H,2-25H3. The summed E-state index contributed by atoms with van der Waals surface area (Å²) < 4.78 is 0. The number of benzene rings is 2. The zero-order chi connectivity index (χ0) is 43.8. The lowest BCUT2D eigenvalue weighted by atomic mass is 9.75. The Hall–Kier alpha value is -2.24. The van der Waals surface area contributed by atoms with Gasteiger partial charge in [-0.3, -0.25) is 0 Å². The first-order chi connectivity index (χ1) is 25.0. The van der Waals surface area contributed by atoms with Crippen molar-refractivity contribution in [2.24, 2.45) is 0 Å². The van der Waals surface area contributed by atoms with Gasteiger partial charge in [-0.1, -0.05) is 202 Å². The van der Waals surface area contributed by atoms with E-state index in [9.17, 15) is 0 Å². The van der Waals surface area contributed by atoms with Crippen LogP contribution in [0.15, 0.2) is 24.3 Å². The van der Waals surface area contributed by atoms with Gasteiger partial charge in [0, 0.05) is 10.6 Å². The Labute approximate surface area is 352 Å². The van der Waals surface area contributed by atoms with E-state index in [1.165, 1.54) is 44.0 Å². The van der Waals surface area contributed by atoms with Crippen LogP contribution in [0, 0.1) is 46.5 Å². The molecule has 56 heavy (non-hydrogen) atoms. The molecule has 0 aliphatic rings. The molecule has 0 N–H and O–H groups in total. The summed E-state index contributed by atoms with van der Waals surface area (Å²) in [6.07, 6.45) is 6.47. The van der Waals surface area contributed by atoms with Gasteiger partial charge in [0.1, 0.15) is 8.07 Å². The molecule has 2 rings (SSSR count). The fourth-order valence-electron chi connectivity index (χ4n) is 7.95. The molecule has 0 saturated carbocycles. The maximum Gasteiger partial charge on any atom is 0.146 e. The fraction of sp³-hybridized carbons (Fsp3) is 0.623. The minimum Gasteiger partial charge on any atom is -0.125 e. The van der Waals surface area contributed by atoms with Crippen LogP contribution in [0.2, 0.25) is 16.6 Å². The van der Waals surface area contributed by atoms with Crippen molar-refractivity contribution >= 4 is 34.5 Å². The highest BCUT2D eigenvalue weighted by Crippen LogP contribution is 2.47. The van der Waals surface area contributed by atoms with E-state index in [2.05, 4.69) is 230 Å². The second kappa shape index (κ2) is 17.5. The molecule has 2 unspecified atom stereocenters. The van der Waals surface area contributed by atoms with Crippen LogP contribution in [0.5, 0.6) is 0 Å². The minimum absolute atomic E-state index is 0.00834. The summed E-state index contributed by atoms with van der Waals surface area (Å²) in [5.41, 5.74) is 28.0. The first-order valence-corrected chi connectivity index (χ1v) is 25.9. The maximum absolute atomic E-state index is 6.47. The first kappa shape index (κ1) is 49.9. The Balaban J connectivity index is 3.20. The van der Waals surface area contributed by atoms with E-state index < -0.39 is 23.9 Å². The second-order valence-corrected chi connectivity index (χ2v) is 32.0. The van der Waals surface area contributed by atoms with Crippen LogP contribution in [0.3, 0.4) is 0 Å². The molecule has 0 spiro atoms. The van der Waals surface area contributed by atoms with E-state index in [-0.39, 0.29) is 32.5 Å². The van der Waals surface area contributed by atoms with E-state index >= 15 is 0 Å². The van der Waals surface area contributed by atoms with Gasteiger partial charge in [-0.2, -0.15) is 0 Å². The smallest absolute Gasteiger partial charge is 0.125 e. The first-order valence-electron chi connectivity index (χ1n) is 21.0. The monoisotopic (exact) mass is 807 g/mol. The largest absolute Gasteiger partial charge is 0.146 e. The molecule has 0 aromatic heterocycles. The van der Waals surface area contributed by atoms with Crippen molar-refractivity contribution in [1.29, 1.82) is 0 Å². The summed E-state index contributed by atoms with van der Waals surface area (Å²) in [4.78, 5) is 0. The molecule has 2 atom stereocenters. The molecular formula is C53H80P2Si. The summed E-state index contributed by atoms with van der Waals surface area (Å²) in [7, 11) is -4.48. The Morgan fingerprint density at radius 1 is 0.429 bits per heavy atom. The Bertz CT molecular complexity index is 1860. The summed E-state index contributed by atoms with van der Waals surface area (Å²) in [6, 6.07) is 9.73. The van der Waals surface area contributed by atoms with Gasteiger partial charge in [0.05, 0.1) is 15.8 Å². The average Bonchev–Trinajstić information content (AvgIpc) is 2.99. The number of terminal acetylenes is 1. The van der Waals surface area contributed by atoms with Gasteiger partial charge in [0.25, 0.3) is 0 Å². The lowest BCUT2D eigenvalue weighted by Gasteiger charge is -2.38. The predicted octanol–water partition coefficient (Wildman–Crippen LogP) is 15.1. The summed E-state index contributed by atoms with van der Waals surface area (Å²) >= 11 is 0. The van der Waals surface area contributed by atoms with E-state index in [1.807, 2.05) is 0 Å². The lowest BCUT2D eigenvalue weighted by Crippen LogP contribution is -2.43. The third kappa shape index (κ3) is 11.7. The molecule has 0 aliphatic heterocycles. The van der Waals surface area contributed by atoms with Crippen molar-refractivity contribution in [2.75, 3.05) is 0 Å². The minimum atomic E-state index is -2.04. The van der Waals surface area contributed by atoms with Crippen LogP contribution in [-0.2, 0) is 32.5 Å². The van der Waals surface area contributed by atoms with E-state index in [0.29, 0.717) is 16.6 Å². The average molecular weight is 807 g/mol. The summed E-state index contributed by atoms with van der Waals surface area (Å²) in [5.74, 6) is 6.84. The van der Waals surface area contributed by atoms with Crippen molar-refractivity contribution in [3.63, 3.8) is 0 Å². The van der Waals surface area contributed by atoms with Crippen molar-refractivity contribution < 1.29 is 0 Å². The Kier molecular flexibility index (Phi) is 15.6.